The standard InChI is InChI=1S/C23H26ClN3O2/c1-17(28)22-16-27(23-21(22)7-3-10-25-23)12-4-11-26-13-8-19(9-14-26)29-20-6-2-5-18(24)15-20/h2-3,5-7,10,15-16,19H,4,8-9,11-14H2,1H3. The lowest BCUT2D eigenvalue weighted by Crippen LogP contribution is -2.38. The summed E-state index contributed by atoms with van der Waals surface area (Å²) in [4.78, 5) is 18.9. The van der Waals surface area contributed by atoms with Crippen LogP contribution in [0.15, 0.2) is 48.8 Å². The number of ketones is 1. The lowest BCUT2D eigenvalue weighted by molar-refractivity contribution is 0.0993. The van der Waals surface area contributed by atoms with Crippen LogP contribution in [-0.2, 0) is 6.54 Å². The number of hydrogen-bond acceptors (Lipinski definition) is 4. The van der Waals surface area contributed by atoms with Crippen LogP contribution in [0.1, 0.15) is 36.5 Å². The highest BCUT2D eigenvalue weighted by molar-refractivity contribution is 6.30. The average molecular weight is 412 g/mol. The lowest BCUT2D eigenvalue weighted by Gasteiger charge is -2.32. The lowest BCUT2D eigenvalue weighted by atomic mass is 10.1. The minimum Gasteiger partial charge on any atom is -0.490 e. The van der Waals surface area contributed by atoms with E-state index in [1.165, 1.54) is 0 Å². The number of fused-ring (bicyclic) bond motifs is 1. The van der Waals surface area contributed by atoms with Gasteiger partial charge >= 0.3 is 0 Å². The molecule has 0 radical (unpaired) electrons. The largest absolute Gasteiger partial charge is 0.490 e. The normalized spacial score (nSPS) is 15.7. The molecule has 1 aliphatic heterocycles. The molecule has 0 aliphatic carbocycles. The monoisotopic (exact) mass is 411 g/mol. The number of likely N-dealkylation sites (tertiary alicyclic amines) is 1. The van der Waals surface area contributed by atoms with Crippen LogP contribution in [0.4, 0.5) is 0 Å². The van der Waals surface area contributed by atoms with Gasteiger partial charge in [-0.25, -0.2) is 4.98 Å². The third kappa shape index (κ3) is 4.80. The zero-order valence-corrected chi connectivity index (χ0v) is 17.4. The minimum absolute atomic E-state index is 0.0866. The highest BCUT2D eigenvalue weighted by Crippen LogP contribution is 2.23. The number of aryl methyl sites for hydroxylation is 1. The first kappa shape index (κ1) is 19.9. The summed E-state index contributed by atoms with van der Waals surface area (Å²) >= 11 is 6.04. The van der Waals surface area contributed by atoms with Crippen LogP contribution in [-0.4, -0.2) is 46.0 Å². The Morgan fingerprint density at radius 1 is 1.21 bits per heavy atom. The Balaban J connectivity index is 1.27. The summed E-state index contributed by atoms with van der Waals surface area (Å²) in [6.45, 7) is 5.58. The predicted molar refractivity (Wildman–Crippen MR) is 116 cm³/mol. The van der Waals surface area contributed by atoms with Crippen molar-refractivity contribution in [2.75, 3.05) is 19.6 Å². The quantitative estimate of drug-likeness (QED) is 0.522. The molecule has 1 fully saturated rings. The smallest absolute Gasteiger partial charge is 0.162 e. The molecule has 2 aromatic heterocycles. The van der Waals surface area contributed by atoms with Crippen LogP contribution >= 0.6 is 11.6 Å². The molecule has 0 unspecified atom stereocenters. The second kappa shape index (κ2) is 8.97. The van der Waals surface area contributed by atoms with Crippen molar-refractivity contribution in [1.29, 1.82) is 0 Å². The molecule has 1 saturated heterocycles. The molecular weight excluding hydrogens is 386 g/mol. The number of rotatable bonds is 7. The Morgan fingerprint density at radius 2 is 2.03 bits per heavy atom. The van der Waals surface area contributed by atoms with Gasteiger partial charge in [0.1, 0.15) is 17.5 Å². The molecule has 4 rings (SSSR count). The van der Waals surface area contributed by atoms with E-state index in [0.29, 0.717) is 5.02 Å². The van der Waals surface area contributed by atoms with Gasteiger partial charge in [-0.05, 0) is 63.1 Å². The van der Waals surface area contributed by atoms with E-state index in [4.69, 9.17) is 16.3 Å². The van der Waals surface area contributed by atoms with Gasteiger partial charge in [-0.3, -0.25) is 4.79 Å². The molecule has 29 heavy (non-hydrogen) atoms. The van der Waals surface area contributed by atoms with Crippen molar-refractivity contribution in [2.45, 2.75) is 38.8 Å². The predicted octanol–water partition coefficient (Wildman–Crippen LogP) is 4.83. The fraction of sp³-hybridized carbons (Fsp3) is 0.391. The second-order valence-corrected chi connectivity index (χ2v) is 8.07. The number of nitrogens with zero attached hydrogens (tertiary/aromatic N) is 3. The summed E-state index contributed by atoms with van der Waals surface area (Å²) in [6.07, 6.45) is 7.06. The summed E-state index contributed by atoms with van der Waals surface area (Å²) in [5.41, 5.74) is 1.65. The van der Waals surface area contributed by atoms with Crippen molar-refractivity contribution in [2.24, 2.45) is 0 Å². The van der Waals surface area contributed by atoms with Crippen LogP contribution in [0.25, 0.3) is 11.0 Å². The molecule has 0 spiro atoms. The first-order valence-electron chi connectivity index (χ1n) is 10.2. The van der Waals surface area contributed by atoms with E-state index in [-0.39, 0.29) is 11.9 Å². The van der Waals surface area contributed by atoms with Gasteiger partial charge in [0.15, 0.2) is 5.78 Å². The number of carbonyl (C=O) groups is 1. The van der Waals surface area contributed by atoms with Crippen molar-refractivity contribution in [3.63, 3.8) is 0 Å². The molecule has 0 amide bonds. The van der Waals surface area contributed by atoms with E-state index in [9.17, 15) is 4.79 Å². The Labute approximate surface area is 176 Å². The van der Waals surface area contributed by atoms with Crippen LogP contribution in [0, 0.1) is 0 Å². The Hall–Kier alpha value is -2.37. The summed E-state index contributed by atoms with van der Waals surface area (Å²) in [5, 5.41) is 1.65. The van der Waals surface area contributed by atoms with Gasteiger partial charge in [0.05, 0.1) is 0 Å². The molecular formula is C23H26ClN3O2. The molecule has 0 bridgehead atoms. The number of halogens is 1. The highest BCUT2D eigenvalue weighted by Gasteiger charge is 2.20. The minimum atomic E-state index is 0.0866. The maximum atomic E-state index is 11.9. The number of piperidine rings is 1. The second-order valence-electron chi connectivity index (χ2n) is 7.64. The number of carbonyl (C=O) groups excluding carboxylic acids is 1. The highest BCUT2D eigenvalue weighted by atomic mass is 35.5. The molecule has 3 aromatic rings. The van der Waals surface area contributed by atoms with E-state index in [1.54, 1.807) is 13.1 Å². The Bertz CT molecular complexity index is 993. The van der Waals surface area contributed by atoms with Crippen LogP contribution in [0.2, 0.25) is 5.02 Å². The van der Waals surface area contributed by atoms with Gasteiger partial charge in [-0.2, -0.15) is 0 Å². The Morgan fingerprint density at radius 3 is 2.79 bits per heavy atom. The first-order valence-corrected chi connectivity index (χ1v) is 10.6. The maximum Gasteiger partial charge on any atom is 0.162 e. The summed E-state index contributed by atoms with van der Waals surface area (Å²) in [7, 11) is 0. The number of hydrogen-bond donors (Lipinski definition) is 0. The van der Waals surface area contributed by atoms with E-state index in [1.807, 2.05) is 42.6 Å². The van der Waals surface area contributed by atoms with Crippen LogP contribution in [0.3, 0.4) is 0 Å². The van der Waals surface area contributed by atoms with Gasteiger partial charge in [0.2, 0.25) is 0 Å². The molecule has 1 aliphatic rings. The first-order chi connectivity index (χ1) is 14.1. The van der Waals surface area contributed by atoms with Crippen molar-refractivity contribution < 1.29 is 9.53 Å². The molecule has 1 aromatic carbocycles. The van der Waals surface area contributed by atoms with Crippen molar-refractivity contribution in [1.82, 2.24) is 14.5 Å². The Kier molecular flexibility index (Phi) is 6.16. The summed E-state index contributed by atoms with van der Waals surface area (Å²) in [6, 6.07) is 11.5. The van der Waals surface area contributed by atoms with Crippen LogP contribution < -0.4 is 4.74 Å². The fourth-order valence-corrected chi connectivity index (χ4v) is 4.20. The summed E-state index contributed by atoms with van der Waals surface area (Å²) in [5.74, 6) is 0.938. The number of aromatic nitrogens is 2. The number of Topliss-reactive ketones (excluding diaryl/α,β-unsaturated/α-hetero) is 1. The topological polar surface area (TPSA) is 47.4 Å². The van der Waals surface area contributed by atoms with Crippen LogP contribution in [0.5, 0.6) is 5.75 Å². The molecule has 5 nitrogen and oxygen atoms in total. The third-order valence-corrected chi connectivity index (χ3v) is 5.76. The molecule has 0 saturated carbocycles. The number of ether oxygens (including phenoxy) is 1. The molecule has 0 N–H and O–H groups in total. The fourth-order valence-electron chi connectivity index (χ4n) is 4.02. The van der Waals surface area contributed by atoms with Gasteiger partial charge in [-0.1, -0.05) is 17.7 Å². The SMILES string of the molecule is CC(=O)c1cn(CCCN2CCC(Oc3cccc(Cl)c3)CC2)c2ncccc12. The van der Waals surface area contributed by atoms with Crippen molar-refractivity contribution >= 4 is 28.4 Å². The van der Waals surface area contributed by atoms with Gasteiger partial charge in [0, 0.05) is 48.0 Å². The van der Waals surface area contributed by atoms with E-state index < -0.39 is 0 Å². The molecule has 152 valence electrons. The molecule has 3 heterocycles. The van der Waals surface area contributed by atoms with Gasteiger partial charge in [0.25, 0.3) is 0 Å². The van der Waals surface area contributed by atoms with Crippen molar-refractivity contribution in [3.8, 4) is 5.75 Å². The average Bonchev–Trinajstić information content (AvgIpc) is 3.09. The zero-order valence-electron chi connectivity index (χ0n) is 16.7. The zero-order chi connectivity index (χ0) is 20.2. The number of pyridine rings is 1. The van der Waals surface area contributed by atoms with Gasteiger partial charge < -0.3 is 14.2 Å². The van der Waals surface area contributed by atoms with E-state index in [2.05, 4.69) is 14.5 Å². The molecule has 0 atom stereocenters. The van der Waals surface area contributed by atoms with E-state index in [0.717, 1.165) is 67.8 Å². The van der Waals surface area contributed by atoms with E-state index >= 15 is 0 Å². The number of benzene rings is 1. The van der Waals surface area contributed by atoms with Crippen molar-refractivity contribution in [3.05, 3.63) is 59.4 Å². The summed E-state index contributed by atoms with van der Waals surface area (Å²) < 4.78 is 8.19. The van der Waals surface area contributed by atoms with Gasteiger partial charge in [-0.15, -0.1) is 0 Å². The third-order valence-electron chi connectivity index (χ3n) is 5.52. The maximum absolute atomic E-state index is 11.9. The molecule has 6 heteroatoms.